The molecule has 31 heteroatoms. The smallest absolute Gasteiger partial charge is 0.756 e. The van der Waals surface area contributed by atoms with Crippen LogP contribution < -0.4 is 172 Å². The van der Waals surface area contributed by atoms with E-state index in [-0.39, 0.29) is 148 Å². The Morgan fingerprint density at radius 1 is 0.405 bits per heavy atom. The van der Waals surface area contributed by atoms with Crippen LogP contribution in [-0.2, 0) is 45.4 Å². The molecule has 192 valence electrons. The number of hydrogen-bond donors (Lipinski definition) is 6. The van der Waals surface area contributed by atoms with E-state index in [2.05, 4.69) is 22.6 Å². The Balaban J connectivity index is -0.000000683. The van der Waals surface area contributed by atoms with E-state index in [0.29, 0.717) is 0 Å². The van der Waals surface area contributed by atoms with Gasteiger partial charge in [-0.25, -0.2) is 0 Å². The summed E-state index contributed by atoms with van der Waals surface area (Å²) in [6.45, 7) is 0. The van der Waals surface area contributed by atoms with Crippen LogP contribution in [0.5, 0.6) is 0 Å². The third-order valence-corrected chi connectivity index (χ3v) is 5.79. The quantitative estimate of drug-likeness (QED) is 0.0915. The van der Waals surface area contributed by atoms with E-state index in [1.807, 2.05) is 0 Å². The Morgan fingerprint density at radius 2 is 0.541 bits per heavy atom. The SMILES string of the molecule is O=P([O-])(O)OC1[C@H](OP(=O)([O-])O)[C@H](OP(=O)([O-])O)C(O)[C@H](OP(=O)([O-])O)[C@H]1OP(=O)([O-])O.[Na+].[Na+].[Na+].[Na+].[Na+]. The zero-order chi connectivity index (χ0) is 25.5. The van der Waals surface area contributed by atoms with Gasteiger partial charge in [0.1, 0.15) is 36.6 Å². The zero-order valence-corrected chi connectivity index (χ0v) is 34.0. The minimum Gasteiger partial charge on any atom is -0.756 e. The molecule has 1 fully saturated rings. The third kappa shape index (κ3) is 21.8. The summed E-state index contributed by atoms with van der Waals surface area (Å²) >= 11 is 0. The normalized spacial score (nSPS) is 33.3. The van der Waals surface area contributed by atoms with Crippen LogP contribution in [0.4, 0.5) is 0 Å². The Labute approximate surface area is 318 Å². The van der Waals surface area contributed by atoms with Crippen molar-refractivity contribution in [2.24, 2.45) is 0 Å². The monoisotopic (exact) mass is 690 g/mol. The van der Waals surface area contributed by atoms with Crippen LogP contribution >= 0.6 is 39.1 Å². The van der Waals surface area contributed by atoms with Crippen molar-refractivity contribution in [3.8, 4) is 0 Å². The van der Waals surface area contributed by atoms with Crippen molar-refractivity contribution < 1.29 is 247 Å². The molecule has 0 aromatic heterocycles. The van der Waals surface area contributed by atoms with E-state index in [9.17, 15) is 52.4 Å². The number of rotatable bonds is 10. The van der Waals surface area contributed by atoms with Gasteiger partial charge < -0.3 is 76.7 Å². The Bertz CT molecular complexity index is 845. The molecule has 0 aromatic carbocycles. The molecular formula is C6H12Na5O21P5. The zero-order valence-electron chi connectivity index (χ0n) is 19.5. The largest absolute Gasteiger partial charge is 1.00 e. The second kappa shape index (κ2) is 19.9. The maximum Gasteiger partial charge on any atom is 1.00 e. The molecule has 0 saturated heterocycles. The molecule has 1 aliphatic carbocycles. The summed E-state index contributed by atoms with van der Waals surface area (Å²) in [4.78, 5) is 99.7. The van der Waals surface area contributed by atoms with Crippen LogP contribution in [0, 0.1) is 0 Å². The van der Waals surface area contributed by atoms with E-state index in [0.717, 1.165) is 0 Å². The van der Waals surface area contributed by atoms with Crippen LogP contribution in [0.3, 0.4) is 0 Å². The number of phosphoric acid groups is 5. The summed E-state index contributed by atoms with van der Waals surface area (Å²) in [6.07, 6.45) is -18.4. The molecule has 1 aliphatic rings. The van der Waals surface area contributed by atoms with E-state index in [1.165, 1.54) is 0 Å². The third-order valence-electron chi connectivity index (χ3n) is 3.24. The molecule has 7 unspecified atom stereocenters. The second-order valence-corrected chi connectivity index (χ2v) is 11.4. The van der Waals surface area contributed by atoms with E-state index in [1.54, 1.807) is 0 Å². The average molecular weight is 690 g/mol. The Kier molecular flexibility index (Phi) is 28.0. The summed E-state index contributed by atoms with van der Waals surface area (Å²) in [5.41, 5.74) is 0. The van der Waals surface area contributed by atoms with Crippen LogP contribution in [0.15, 0.2) is 0 Å². The molecule has 21 nitrogen and oxygen atoms in total. The molecule has 6 N–H and O–H groups in total. The molecule has 1 rings (SSSR count). The first-order valence-corrected chi connectivity index (χ1v) is 14.7. The minimum atomic E-state index is -6.18. The van der Waals surface area contributed by atoms with Gasteiger partial charge in [-0.2, -0.15) is 0 Å². The van der Waals surface area contributed by atoms with Crippen molar-refractivity contribution in [3.63, 3.8) is 0 Å². The van der Waals surface area contributed by atoms with Gasteiger partial charge in [0.2, 0.25) is 0 Å². The van der Waals surface area contributed by atoms with E-state index >= 15 is 0 Å². The van der Waals surface area contributed by atoms with Crippen molar-refractivity contribution in [1.29, 1.82) is 0 Å². The molecule has 0 aliphatic heterocycles. The van der Waals surface area contributed by atoms with Gasteiger partial charge in [-0.05, 0) is 0 Å². The first kappa shape index (κ1) is 52.1. The molecule has 0 spiro atoms. The summed E-state index contributed by atoms with van der Waals surface area (Å²) in [7, 11) is -30.7. The van der Waals surface area contributed by atoms with Gasteiger partial charge in [0, 0.05) is 0 Å². The van der Waals surface area contributed by atoms with Crippen LogP contribution in [0.1, 0.15) is 0 Å². The predicted molar refractivity (Wildman–Crippen MR) is 79.5 cm³/mol. The maximum absolute atomic E-state index is 11.1. The first-order valence-electron chi connectivity index (χ1n) is 7.18. The molecular weight excluding hydrogens is 678 g/mol. The molecule has 0 radical (unpaired) electrons. The maximum atomic E-state index is 11.1. The number of hydrogen-bond acceptors (Lipinski definition) is 16. The fraction of sp³-hybridized carbons (Fsp3) is 1.00. The van der Waals surface area contributed by atoms with Gasteiger partial charge in [-0.1, -0.05) is 0 Å². The van der Waals surface area contributed by atoms with Gasteiger partial charge in [0.25, 0.3) is 39.1 Å². The molecule has 1 saturated carbocycles. The summed E-state index contributed by atoms with van der Waals surface area (Å²) in [5, 5.41) is 10.1. The van der Waals surface area contributed by atoms with E-state index < -0.39 is 75.7 Å². The van der Waals surface area contributed by atoms with E-state index in [4.69, 9.17) is 24.5 Å². The summed E-state index contributed by atoms with van der Waals surface area (Å²) in [6, 6.07) is 0. The fourth-order valence-corrected chi connectivity index (χ4v) is 5.26. The van der Waals surface area contributed by atoms with Crippen molar-refractivity contribution >= 4 is 39.1 Å². The summed E-state index contributed by atoms with van der Waals surface area (Å²) < 4.78 is 74.8. The minimum absolute atomic E-state index is 0. The number of phosphoric ester groups is 5. The van der Waals surface area contributed by atoms with Gasteiger partial charge in [0.05, 0.1) is 0 Å². The molecule has 0 amide bonds. The van der Waals surface area contributed by atoms with Gasteiger partial charge in [-0.3, -0.25) is 22.8 Å². The van der Waals surface area contributed by atoms with Gasteiger partial charge in [0.15, 0.2) is 0 Å². The Hall–Kier alpha value is 5.51. The molecule has 11 atom stereocenters. The Morgan fingerprint density at radius 3 is 0.703 bits per heavy atom. The second-order valence-electron chi connectivity index (χ2n) is 5.68. The van der Waals surface area contributed by atoms with Crippen molar-refractivity contribution in [2.45, 2.75) is 36.6 Å². The van der Waals surface area contributed by atoms with Crippen molar-refractivity contribution in [3.05, 3.63) is 0 Å². The predicted octanol–water partition coefficient (Wildman–Crippen LogP) is -21.4. The van der Waals surface area contributed by atoms with Gasteiger partial charge in [-0.15, -0.1) is 0 Å². The number of aliphatic hydroxyl groups excluding tert-OH is 1. The van der Waals surface area contributed by atoms with Crippen LogP contribution in [0.2, 0.25) is 0 Å². The van der Waals surface area contributed by atoms with Crippen LogP contribution in [-0.4, -0.2) is 66.2 Å². The standard InChI is InChI=1S/C6H17O21P5.5Na/c7-1-2(23-28(8,9)10)4(25-30(14,15)16)6(27-32(20,21)22)5(26-31(17,18)19)3(1)24-29(11,12)13;;;;;/h1-7H,(H2,8,9,10)(H2,11,12,13)(H2,14,15,16)(H2,17,18,19)(H2,20,21,22);;;;;/q;5*+1/p-5/t1?,2-,3+,4-,5-,6?;;;;;/m1...../s1. The number of aliphatic hydroxyl groups is 1. The fourth-order valence-electron chi connectivity index (χ4n) is 2.51. The average Bonchev–Trinajstić information content (AvgIpc) is 2.45. The topological polar surface area (TPSA) is 368 Å². The molecule has 37 heavy (non-hydrogen) atoms. The summed E-state index contributed by atoms with van der Waals surface area (Å²) in [5.74, 6) is 0. The van der Waals surface area contributed by atoms with Gasteiger partial charge >= 0.3 is 148 Å². The van der Waals surface area contributed by atoms with Crippen molar-refractivity contribution in [2.75, 3.05) is 0 Å². The molecule has 0 bridgehead atoms. The molecule has 0 aromatic rings. The van der Waals surface area contributed by atoms with Crippen molar-refractivity contribution in [1.82, 2.24) is 0 Å². The molecule has 0 heterocycles. The van der Waals surface area contributed by atoms with Crippen LogP contribution in [0.25, 0.3) is 0 Å². The first-order chi connectivity index (χ1) is 13.9.